The lowest BCUT2D eigenvalue weighted by Gasteiger charge is -2.69. The maximum atomic E-state index is 13.0. The molecular weight excluding hydrogens is 416 g/mol. The number of ether oxygens (including phenoxy) is 1. The van der Waals surface area contributed by atoms with E-state index in [2.05, 4.69) is 34.6 Å². The number of rotatable bonds is 5. The van der Waals surface area contributed by atoms with Gasteiger partial charge in [-0.1, -0.05) is 34.6 Å². The molecule has 8 atom stereocenters. The molecule has 4 fully saturated rings. The minimum atomic E-state index is -0.877. The Balaban J connectivity index is 1.60. The molecule has 4 aliphatic rings. The lowest BCUT2D eigenvalue weighted by molar-refractivity contribution is -0.226. The summed E-state index contributed by atoms with van der Waals surface area (Å²) in [4.78, 5) is 35.8. The third-order valence-corrected chi connectivity index (χ3v) is 11.6. The highest BCUT2D eigenvalue weighted by Crippen LogP contribution is 2.75. The standard InChI is InChI=1S/C28H44O5/c1-17(29)33-23-13-14-26(4)21(25(23,2)3)12-16-28(6)22(26)9-7-19-18(11-15-27(19,28)5)20(30)8-10-24(31)32/h18-19,21-23H,7-16H2,1-6H3,(H,31,32)/t18-,19+,21-,22+,23-,26-,27+,28+/m0/s1. The average Bonchev–Trinajstić information content (AvgIpc) is 3.06. The highest BCUT2D eigenvalue weighted by Gasteiger charge is 2.69. The van der Waals surface area contributed by atoms with Gasteiger partial charge in [0, 0.05) is 24.7 Å². The second-order valence-electron chi connectivity index (χ2n) is 13.1. The van der Waals surface area contributed by atoms with Gasteiger partial charge in [0.25, 0.3) is 0 Å². The summed E-state index contributed by atoms with van der Waals surface area (Å²) < 4.78 is 5.81. The van der Waals surface area contributed by atoms with Crippen LogP contribution in [0.15, 0.2) is 0 Å². The van der Waals surface area contributed by atoms with Gasteiger partial charge in [0.05, 0.1) is 6.42 Å². The molecule has 0 aromatic heterocycles. The Morgan fingerprint density at radius 3 is 2.12 bits per heavy atom. The quantitative estimate of drug-likeness (QED) is 0.506. The van der Waals surface area contributed by atoms with Crippen LogP contribution in [0.4, 0.5) is 0 Å². The van der Waals surface area contributed by atoms with Gasteiger partial charge in [-0.25, -0.2) is 0 Å². The molecule has 0 aliphatic heterocycles. The fraction of sp³-hybridized carbons (Fsp3) is 0.893. The lowest BCUT2D eigenvalue weighted by atomic mass is 9.35. The summed E-state index contributed by atoms with van der Waals surface area (Å²) in [5, 5.41) is 9.05. The molecule has 0 amide bonds. The van der Waals surface area contributed by atoms with Crippen LogP contribution in [-0.4, -0.2) is 28.9 Å². The Bertz CT molecular complexity index is 832. The molecule has 5 heteroatoms. The second-order valence-corrected chi connectivity index (χ2v) is 13.1. The zero-order valence-corrected chi connectivity index (χ0v) is 21.5. The maximum absolute atomic E-state index is 13.0. The van der Waals surface area contributed by atoms with Crippen LogP contribution in [0, 0.1) is 45.3 Å². The molecule has 4 aliphatic carbocycles. The van der Waals surface area contributed by atoms with E-state index in [1.165, 1.54) is 6.92 Å². The smallest absolute Gasteiger partial charge is 0.303 e. The second kappa shape index (κ2) is 8.09. The van der Waals surface area contributed by atoms with Crippen LogP contribution in [0.2, 0.25) is 0 Å². The average molecular weight is 461 g/mol. The van der Waals surface area contributed by atoms with Crippen molar-refractivity contribution < 1.29 is 24.2 Å². The van der Waals surface area contributed by atoms with E-state index in [9.17, 15) is 14.4 Å². The SMILES string of the molecule is CC(=O)O[C@H]1CC[C@]2(C)[C@H]3CC[C@@H]4[C@@H](C(=O)CCC(=O)O)CC[C@@]4(C)[C@]3(C)CC[C@H]2C1(C)C. The Morgan fingerprint density at radius 2 is 1.48 bits per heavy atom. The van der Waals surface area contributed by atoms with Gasteiger partial charge < -0.3 is 9.84 Å². The van der Waals surface area contributed by atoms with Crippen molar-refractivity contribution in [3.8, 4) is 0 Å². The molecule has 33 heavy (non-hydrogen) atoms. The minimum Gasteiger partial charge on any atom is -0.481 e. The minimum absolute atomic E-state index is 0.00734. The number of hydrogen-bond acceptors (Lipinski definition) is 4. The largest absolute Gasteiger partial charge is 0.481 e. The van der Waals surface area contributed by atoms with Gasteiger partial charge in [-0.2, -0.15) is 0 Å². The molecule has 0 spiro atoms. The van der Waals surface area contributed by atoms with Gasteiger partial charge in [-0.3, -0.25) is 14.4 Å². The monoisotopic (exact) mass is 460 g/mol. The van der Waals surface area contributed by atoms with Crippen LogP contribution in [0.25, 0.3) is 0 Å². The van der Waals surface area contributed by atoms with Crippen LogP contribution in [-0.2, 0) is 19.1 Å². The molecule has 1 N–H and O–H groups in total. The van der Waals surface area contributed by atoms with Gasteiger partial charge in [0.15, 0.2) is 0 Å². The van der Waals surface area contributed by atoms with Gasteiger partial charge in [-0.05, 0) is 85.4 Å². The molecule has 0 aromatic carbocycles. The van der Waals surface area contributed by atoms with Crippen molar-refractivity contribution in [2.45, 2.75) is 112 Å². The van der Waals surface area contributed by atoms with Crippen molar-refractivity contribution in [2.75, 3.05) is 0 Å². The molecule has 0 saturated heterocycles. The van der Waals surface area contributed by atoms with Crippen LogP contribution >= 0.6 is 0 Å². The highest BCUT2D eigenvalue weighted by molar-refractivity contribution is 5.85. The Morgan fingerprint density at radius 1 is 0.818 bits per heavy atom. The van der Waals surface area contributed by atoms with E-state index in [-0.39, 0.29) is 58.3 Å². The first kappa shape index (κ1) is 24.7. The predicted octanol–water partition coefficient (Wildman–Crippen LogP) is 6.04. The summed E-state index contributed by atoms with van der Waals surface area (Å²) in [5.74, 6) is 0.675. The van der Waals surface area contributed by atoms with E-state index in [1.54, 1.807) is 0 Å². The van der Waals surface area contributed by atoms with Crippen molar-refractivity contribution in [3.05, 3.63) is 0 Å². The van der Waals surface area contributed by atoms with E-state index < -0.39 is 5.97 Å². The summed E-state index contributed by atoms with van der Waals surface area (Å²) in [7, 11) is 0. The fourth-order valence-corrected chi connectivity index (χ4v) is 9.93. The Kier molecular flexibility index (Phi) is 6.06. The first-order valence-electron chi connectivity index (χ1n) is 13.2. The normalized spacial score (nSPS) is 45.9. The molecule has 0 heterocycles. The van der Waals surface area contributed by atoms with Crippen LogP contribution in [0.3, 0.4) is 0 Å². The number of aliphatic carboxylic acids is 1. The maximum Gasteiger partial charge on any atom is 0.303 e. The fourth-order valence-electron chi connectivity index (χ4n) is 9.93. The Labute approximate surface area is 199 Å². The number of ketones is 1. The third kappa shape index (κ3) is 3.58. The highest BCUT2D eigenvalue weighted by atomic mass is 16.5. The van der Waals surface area contributed by atoms with E-state index in [0.29, 0.717) is 17.8 Å². The number of Topliss-reactive ketones (excluding diaryl/α,β-unsaturated/α-hetero) is 1. The van der Waals surface area contributed by atoms with Crippen LogP contribution < -0.4 is 0 Å². The topological polar surface area (TPSA) is 80.7 Å². The van der Waals surface area contributed by atoms with E-state index in [4.69, 9.17) is 9.84 Å². The number of carboxylic acid groups (broad SMARTS) is 1. The van der Waals surface area contributed by atoms with E-state index in [0.717, 1.165) is 51.4 Å². The molecule has 4 rings (SSSR count). The van der Waals surface area contributed by atoms with Crippen LogP contribution in [0.5, 0.6) is 0 Å². The summed E-state index contributed by atoms with van der Waals surface area (Å²) in [6, 6.07) is 0. The number of hydrogen-bond donors (Lipinski definition) is 1. The number of carboxylic acids is 1. The van der Waals surface area contributed by atoms with Crippen molar-refractivity contribution in [2.24, 2.45) is 45.3 Å². The number of carbonyl (C=O) groups excluding carboxylic acids is 2. The third-order valence-electron chi connectivity index (χ3n) is 11.6. The van der Waals surface area contributed by atoms with Crippen LogP contribution in [0.1, 0.15) is 106 Å². The van der Waals surface area contributed by atoms with E-state index >= 15 is 0 Å². The summed E-state index contributed by atoms with van der Waals surface area (Å²) >= 11 is 0. The van der Waals surface area contributed by atoms with Gasteiger partial charge in [0.2, 0.25) is 0 Å². The van der Waals surface area contributed by atoms with Crippen molar-refractivity contribution >= 4 is 17.7 Å². The molecule has 0 radical (unpaired) electrons. The van der Waals surface area contributed by atoms with Crippen molar-refractivity contribution in [1.82, 2.24) is 0 Å². The van der Waals surface area contributed by atoms with Gasteiger partial charge in [0.1, 0.15) is 11.9 Å². The van der Waals surface area contributed by atoms with Gasteiger partial charge in [-0.15, -0.1) is 0 Å². The molecule has 5 nitrogen and oxygen atoms in total. The summed E-state index contributed by atoms with van der Waals surface area (Å²) in [6.07, 6.45) is 8.70. The van der Waals surface area contributed by atoms with Crippen molar-refractivity contribution in [3.63, 3.8) is 0 Å². The zero-order valence-electron chi connectivity index (χ0n) is 21.5. The number of fused-ring (bicyclic) bond motifs is 5. The molecular formula is C28H44O5. The molecule has 0 unspecified atom stereocenters. The number of carbonyl (C=O) groups is 3. The van der Waals surface area contributed by atoms with Crippen molar-refractivity contribution in [1.29, 1.82) is 0 Å². The summed E-state index contributed by atoms with van der Waals surface area (Å²) in [6.45, 7) is 13.6. The predicted molar refractivity (Wildman–Crippen MR) is 126 cm³/mol. The molecule has 4 saturated carbocycles. The van der Waals surface area contributed by atoms with E-state index in [1.807, 2.05) is 0 Å². The molecule has 0 aromatic rings. The molecule has 0 bridgehead atoms. The lowest BCUT2D eigenvalue weighted by Crippen LogP contribution is -2.64. The summed E-state index contributed by atoms with van der Waals surface area (Å²) in [5.41, 5.74) is 0.493. The first-order chi connectivity index (χ1) is 15.3. The molecule has 186 valence electrons. The Hall–Kier alpha value is -1.39. The first-order valence-corrected chi connectivity index (χ1v) is 13.2. The van der Waals surface area contributed by atoms with Gasteiger partial charge >= 0.3 is 11.9 Å². The zero-order chi connectivity index (χ0) is 24.4. The number of esters is 1.